The number of aryl methyl sites for hydroxylation is 1. The molecule has 0 unspecified atom stereocenters. The Labute approximate surface area is 126 Å². The van der Waals surface area contributed by atoms with Gasteiger partial charge in [-0.15, -0.1) is 11.3 Å². The number of ether oxygens (including phenoxy) is 2. The highest BCUT2D eigenvalue weighted by Crippen LogP contribution is 2.32. The molecule has 0 atom stereocenters. The van der Waals surface area contributed by atoms with Gasteiger partial charge in [0.05, 0.1) is 19.3 Å². The summed E-state index contributed by atoms with van der Waals surface area (Å²) in [5.41, 5.74) is 1.11. The van der Waals surface area contributed by atoms with Gasteiger partial charge in [-0.25, -0.2) is 9.59 Å². The SMILES string of the molecule is CCOC(=O)c1c(NC(=O)NCC(=O)OC)sc(C)c1C. The number of esters is 2. The molecule has 0 radical (unpaired) electrons. The Hall–Kier alpha value is -2.09. The molecule has 0 saturated heterocycles. The van der Waals surface area contributed by atoms with Crippen molar-refractivity contribution in [3.63, 3.8) is 0 Å². The molecule has 1 rings (SSSR count). The van der Waals surface area contributed by atoms with Crippen LogP contribution in [0.5, 0.6) is 0 Å². The van der Waals surface area contributed by atoms with Gasteiger partial charge in [0.1, 0.15) is 11.5 Å². The molecule has 0 aromatic carbocycles. The smallest absolute Gasteiger partial charge is 0.341 e. The van der Waals surface area contributed by atoms with Crippen LogP contribution in [0.1, 0.15) is 27.7 Å². The largest absolute Gasteiger partial charge is 0.468 e. The third-order valence-electron chi connectivity index (χ3n) is 2.71. The van der Waals surface area contributed by atoms with Gasteiger partial charge in [-0.1, -0.05) is 0 Å². The average molecular weight is 314 g/mol. The van der Waals surface area contributed by atoms with Gasteiger partial charge in [-0.05, 0) is 26.3 Å². The van der Waals surface area contributed by atoms with Crippen LogP contribution in [0.4, 0.5) is 9.80 Å². The quantitative estimate of drug-likeness (QED) is 0.809. The number of urea groups is 1. The van der Waals surface area contributed by atoms with E-state index in [4.69, 9.17) is 4.74 Å². The molecule has 8 heteroatoms. The summed E-state index contributed by atoms with van der Waals surface area (Å²) in [5.74, 6) is -1.04. The first-order valence-corrected chi connectivity index (χ1v) is 7.11. The first kappa shape index (κ1) is 17.0. The van der Waals surface area contributed by atoms with Crippen LogP contribution in [-0.4, -0.2) is 38.2 Å². The van der Waals surface area contributed by atoms with Gasteiger partial charge in [0, 0.05) is 4.88 Å². The fraction of sp³-hybridized carbons (Fsp3) is 0.462. The Morgan fingerprint density at radius 1 is 1.24 bits per heavy atom. The Bertz CT molecular complexity index is 553. The third-order valence-corrected chi connectivity index (χ3v) is 3.84. The van der Waals surface area contributed by atoms with Crippen molar-refractivity contribution in [2.24, 2.45) is 0 Å². The van der Waals surface area contributed by atoms with Gasteiger partial charge in [0.25, 0.3) is 0 Å². The van der Waals surface area contributed by atoms with Crippen molar-refractivity contribution in [3.8, 4) is 0 Å². The van der Waals surface area contributed by atoms with Crippen molar-refractivity contribution in [3.05, 3.63) is 16.0 Å². The number of thiophene rings is 1. The van der Waals surface area contributed by atoms with Crippen LogP contribution < -0.4 is 10.6 Å². The van der Waals surface area contributed by atoms with Crippen LogP contribution >= 0.6 is 11.3 Å². The van der Waals surface area contributed by atoms with Crippen molar-refractivity contribution in [2.45, 2.75) is 20.8 Å². The second kappa shape index (κ2) is 7.63. The zero-order valence-corrected chi connectivity index (χ0v) is 13.2. The van der Waals surface area contributed by atoms with Gasteiger partial charge in [0.15, 0.2) is 0 Å². The molecule has 1 heterocycles. The number of anilines is 1. The number of rotatable bonds is 5. The number of carbonyl (C=O) groups is 3. The molecular weight excluding hydrogens is 296 g/mol. The van der Waals surface area contributed by atoms with E-state index in [-0.39, 0.29) is 13.2 Å². The highest BCUT2D eigenvalue weighted by Gasteiger charge is 2.22. The molecule has 116 valence electrons. The summed E-state index contributed by atoms with van der Waals surface area (Å²) >= 11 is 1.27. The molecule has 21 heavy (non-hydrogen) atoms. The van der Waals surface area contributed by atoms with E-state index in [0.717, 1.165) is 10.4 Å². The molecule has 0 aliphatic carbocycles. The Morgan fingerprint density at radius 2 is 1.90 bits per heavy atom. The lowest BCUT2D eigenvalue weighted by Crippen LogP contribution is -2.33. The van der Waals surface area contributed by atoms with Crippen LogP contribution in [0.15, 0.2) is 0 Å². The van der Waals surface area contributed by atoms with Gasteiger partial charge >= 0.3 is 18.0 Å². The third kappa shape index (κ3) is 4.45. The molecule has 1 aromatic heterocycles. The maximum absolute atomic E-state index is 11.9. The lowest BCUT2D eigenvalue weighted by atomic mass is 10.1. The molecular formula is C13H18N2O5S. The lowest BCUT2D eigenvalue weighted by molar-refractivity contribution is -0.139. The monoisotopic (exact) mass is 314 g/mol. The molecule has 0 saturated carbocycles. The van der Waals surface area contributed by atoms with Gasteiger partial charge in [-0.3, -0.25) is 10.1 Å². The summed E-state index contributed by atoms with van der Waals surface area (Å²) in [5, 5.41) is 5.28. The van der Waals surface area contributed by atoms with Gasteiger partial charge in [-0.2, -0.15) is 0 Å². The van der Waals surface area contributed by atoms with E-state index >= 15 is 0 Å². The molecule has 7 nitrogen and oxygen atoms in total. The van der Waals surface area contributed by atoms with Crippen LogP contribution in [0.25, 0.3) is 0 Å². The predicted molar refractivity (Wildman–Crippen MR) is 78.8 cm³/mol. The zero-order valence-electron chi connectivity index (χ0n) is 12.4. The van der Waals surface area contributed by atoms with E-state index in [1.54, 1.807) is 13.8 Å². The minimum Gasteiger partial charge on any atom is -0.468 e. The maximum Gasteiger partial charge on any atom is 0.341 e. The molecule has 1 aromatic rings. The molecule has 0 bridgehead atoms. The maximum atomic E-state index is 11.9. The molecule has 0 fully saturated rings. The highest BCUT2D eigenvalue weighted by molar-refractivity contribution is 7.16. The summed E-state index contributed by atoms with van der Waals surface area (Å²) in [6, 6.07) is -0.591. The normalized spacial score (nSPS) is 9.90. The van der Waals surface area contributed by atoms with E-state index in [1.165, 1.54) is 18.4 Å². The first-order chi connectivity index (χ1) is 9.90. The topological polar surface area (TPSA) is 93.7 Å². The van der Waals surface area contributed by atoms with Crippen molar-refractivity contribution >= 4 is 34.3 Å². The molecule has 0 aliphatic rings. The highest BCUT2D eigenvalue weighted by atomic mass is 32.1. The zero-order chi connectivity index (χ0) is 16.0. The summed E-state index contributed by atoms with van der Waals surface area (Å²) in [4.78, 5) is 35.5. The minimum absolute atomic E-state index is 0.250. The van der Waals surface area contributed by atoms with Crippen LogP contribution in [0.3, 0.4) is 0 Å². The van der Waals surface area contributed by atoms with E-state index in [9.17, 15) is 14.4 Å². The molecule has 2 amide bonds. The van der Waals surface area contributed by atoms with Crippen LogP contribution in [-0.2, 0) is 14.3 Å². The number of nitrogens with one attached hydrogen (secondary N) is 2. The lowest BCUT2D eigenvalue weighted by Gasteiger charge is -2.08. The standard InChI is InChI=1S/C13H18N2O5S/c1-5-20-12(17)10-7(2)8(3)21-11(10)15-13(18)14-6-9(16)19-4/h5-6H2,1-4H3,(H2,14,15,18). The summed E-state index contributed by atoms with van der Waals surface area (Å²) < 4.78 is 9.40. The molecule has 0 spiro atoms. The van der Waals surface area contributed by atoms with E-state index < -0.39 is 18.0 Å². The van der Waals surface area contributed by atoms with Crippen molar-refractivity contribution in [1.82, 2.24) is 5.32 Å². The van der Waals surface area contributed by atoms with Gasteiger partial charge in [0.2, 0.25) is 0 Å². The van der Waals surface area contributed by atoms with Crippen molar-refractivity contribution in [1.29, 1.82) is 0 Å². The summed E-state index contributed by atoms with van der Waals surface area (Å²) in [7, 11) is 1.23. The number of carbonyl (C=O) groups excluding carboxylic acids is 3. The van der Waals surface area contributed by atoms with Crippen LogP contribution in [0.2, 0.25) is 0 Å². The fourth-order valence-corrected chi connectivity index (χ4v) is 2.58. The number of hydrogen-bond acceptors (Lipinski definition) is 6. The summed E-state index contributed by atoms with van der Waals surface area (Å²) in [6.45, 7) is 5.35. The van der Waals surface area contributed by atoms with Gasteiger partial charge < -0.3 is 14.8 Å². The number of hydrogen-bond donors (Lipinski definition) is 2. The van der Waals surface area contributed by atoms with Crippen molar-refractivity contribution < 1.29 is 23.9 Å². The summed E-state index contributed by atoms with van der Waals surface area (Å²) in [6.07, 6.45) is 0. The molecule has 0 aliphatic heterocycles. The Kier molecular flexibility index (Phi) is 6.16. The number of amides is 2. The molecule has 2 N–H and O–H groups in total. The van der Waals surface area contributed by atoms with E-state index in [1.807, 2.05) is 6.92 Å². The minimum atomic E-state index is -0.591. The average Bonchev–Trinajstić information content (AvgIpc) is 2.71. The predicted octanol–water partition coefficient (Wildman–Crippen LogP) is 1.84. The first-order valence-electron chi connectivity index (χ1n) is 6.29. The number of methoxy groups -OCH3 is 1. The second-order valence-electron chi connectivity index (χ2n) is 4.09. The Morgan fingerprint density at radius 3 is 2.48 bits per heavy atom. The van der Waals surface area contributed by atoms with E-state index in [0.29, 0.717) is 10.6 Å². The fourth-order valence-electron chi connectivity index (χ4n) is 1.54. The van der Waals surface area contributed by atoms with E-state index in [2.05, 4.69) is 15.4 Å². The second-order valence-corrected chi connectivity index (χ2v) is 5.32. The van der Waals surface area contributed by atoms with Crippen molar-refractivity contribution in [2.75, 3.05) is 25.6 Å². The van der Waals surface area contributed by atoms with Crippen LogP contribution in [0, 0.1) is 13.8 Å². The Balaban J connectivity index is 2.83.